The maximum Gasteiger partial charge on any atom is 0.282 e. The number of hydrogen-bond donors (Lipinski definition) is 0. The molecule has 8 nitrogen and oxygen atoms in total. The highest BCUT2D eigenvalue weighted by atomic mass is 28.4. The average Bonchev–Trinajstić information content (AvgIpc) is 2.98. The van der Waals surface area contributed by atoms with Gasteiger partial charge in [0.1, 0.15) is 11.3 Å². The van der Waals surface area contributed by atoms with Crippen molar-refractivity contribution in [2.45, 2.75) is 51.4 Å². The lowest BCUT2D eigenvalue weighted by molar-refractivity contribution is -0.385. The summed E-state index contributed by atoms with van der Waals surface area (Å²) in [6.45, 7) is 10.7. The van der Waals surface area contributed by atoms with Gasteiger partial charge in [-0.15, -0.1) is 0 Å². The van der Waals surface area contributed by atoms with E-state index in [-0.39, 0.29) is 41.6 Å². The third-order valence-corrected chi connectivity index (χ3v) is 10.1. The van der Waals surface area contributed by atoms with E-state index in [2.05, 4.69) is 33.9 Å². The third kappa shape index (κ3) is 4.58. The molecule has 1 fully saturated rings. The number of Topliss-reactive ketones (excluding diaryl/α,β-unsaturated/α-hetero) is 1. The Bertz CT molecular complexity index is 787. The van der Waals surface area contributed by atoms with Crippen LogP contribution in [0.15, 0.2) is 18.2 Å². The number of hydrogen-bond acceptors (Lipinski definition) is 6. The first-order chi connectivity index (χ1) is 12.9. The van der Waals surface area contributed by atoms with Crippen LogP contribution in [0.1, 0.15) is 37.6 Å². The molecule has 1 amide bonds. The van der Waals surface area contributed by atoms with Crippen LogP contribution in [0.25, 0.3) is 0 Å². The van der Waals surface area contributed by atoms with Gasteiger partial charge in [-0.05, 0) is 30.3 Å². The Hall–Kier alpha value is -2.26. The van der Waals surface area contributed by atoms with Crippen LogP contribution in [0, 0.1) is 10.1 Å². The lowest BCUT2D eigenvalue weighted by Crippen LogP contribution is -2.46. The lowest BCUT2D eigenvalue weighted by Gasteiger charge is -2.37. The molecule has 1 aromatic rings. The molecule has 0 radical (unpaired) electrons. The van der Waals surface area contributed by atoms with E-state index in [0.29, 0.717) is 5.75 Å². The Morgan fingerprint density at radius 1 is 1.36 bits per heavy atom. The van der Waals surface area contributed by atoms with Crippen molar-refractivity contribution >= 4 is 25.7 Å². The SMILES string of the molecule is COc1ccc([N+](=O)[O-])c(C(=O)N2CC(=O)C[C@H]2CO[Si](C)(C)C(C)(C)C)c1. The molecule has 0 N–H and O–H groups in total. The lowest BCUT2D eigenvalue weighted by atomic mass is 10.1. The summed E-state index contributed by atoms with van der Waals surface area (Å²) in [5.41, 5.74) is -0.398. The van der Waals surface area contributed by atoms with Gasteiger partial charge in [-0.25, -0.2) is 0 Å². The second-order valence-corrected chi connectivity index (χ2v) is 13.4. The fourth-order valence-electron chi connectivity index (χ4n) is 2.79. The van der Waals surface area contributed by atoms with Crippen LogP contribution in [-0.4, -0.2) is 56.1 Å². The van der Waals surface area contributed by atoms with Gasteiger partial charge in [-0.3, -0.25) is 19.7 Å². The van der Waals surface area contributed by atoms with E-state index >= 15 is 0 Å². The highest BCUT2D eigenvalue weighted by Crippen LogP contribution is 2.37. The van der Waals surface area contributed by atoms with Crippen LogP contribution in [0.5, 0.6) is 5.75 Å². The van der Waals surface area contributed by atoms with Gasteiger partial charge in [0, 0.05) is 12.5 Å². The first-order valence-electron chi connectivity index (χ1n) is 9.16. The van der Waals surface area contributed by atoms with Crippen LogP contribution in [-0.2, 0) is 9.22 Å². The Balaban J connectivity index is 2.29. The number of likely N-dealkylation sites (tertiary alicyclic amines) is 1. The number of nitro groups is 1. The predicted octanol–water partition coefficient (Wildman–Crippen LogP) is 3.41. The molecule has 0 spiro atoms. The number of ketones is 1. The molecule has 0 aromatic heterocycles. The molecule has 1 atom stereocenters. The summed E-state index contributed by atoms with van der Waals surface area (Å²) in [4.78, 5) is 37.3. The summed E-state index contributed by atoms with van der Waals surface area (Å²) in [7, 11) is -0.638. The van der Waals surface area contributed by atoms with E-state index in [4.69, 9.17) is 9.16 Å². The molecule has 9 heteroatoms. The number of carbonyl (C=O) groups excluding carboxylic acids is 2. The molecule has 1 heterocycles. The fourth-order valence-corrected chi connectivity index (χ4v) is 3.83. The zero-order valence-corrected chi connectivity index (χ0v) is 18.3. The third-order valence-electron chi connectivity index (χ3n) is 5.59. The van der Waals surface area contributed by atoms with E-state index in [9.17, 15) is 19.7 Å². The standard InChI is InChI=1S/C19H28N2O6Si/c1-19(2,3)28(5,6)27-12-13-9-14(22)11-20(13)18(23)16-10-15(26-4)7-8-17(16)21(24)25/h7-8,10,13H,9,11-12H2,1-6H3/t13-/m0/s1. The Morgan fingerprint density at radius 3 is 2.54 bits per heavy atom. The van der Waals surface area contributed by atoms with Crippen molar-refractivity contribution in [3.8, 4) is 5.75 Å². The quantitative estimate of drug-likeness (QED) is 0.406. The summed E-state index contributed by atoms with van der Waals surface area (Å²) < 4.78 is 11.3. The first-order valence-corrected chi connectivity index (χ1v) is 12.1. The van der Waals surface area contributed by atoms with E-state index in [1.54, 1.807) is 0 Å². The molecule has 28 heavy (non-hydrogen) atoms. The van der Waals surface area contributed by atoms with E-state index < -0.39 is 25.2 Å². The minimum Gasteiger partial charge on any atom is -0.497 e. The maximum absolute atomic E-state index is 13.1. The Morgan fingerprint density at radius 2 is 2.00 bits per heavy atom. The van der Waals surface area contributed by atoms with Crippen molar-refractivity contribution in [3.05, 3.63) is 33.9 Å². The average molecular weight is 409 g/mol. The van der Waals surface area contributed by atoms with Crippen LogP contribution in [0.4, 0.5) is 5.69 Å². The number of nitrogens with zero attached hydrogens (tertiary/aromatic N) is 2. The normalized spacial score (nSPS) is 17.7. The molecule has 0 bridgehead atoms. The molecule has 1 aliphatic heterocycles. The number of ether oxygens (including phenoxy) is 1. The Kier molecular flexibility index (Phi) is 6.30. The molecule has 1 saturated heterocycles. The minimum atomic E-state index is -2.06. The van der Waals surface area contributed by atoms with Gasteiger partial charge in [-0.2, -0.15) is 0 Å². The van der Waals surface area contributed by atoms with Crippen LogP contribution in [0.2, 0.25) is 18.1 Å². The number of carbonyl (C=O) groups is 2. The van der Waals surface area contributed by atoms with Crippen LogP contribution in [0.3, 0.4) is 0 Å². The number of benzene rings is 1. The number of rotatable bonds is 6. The van der Waals surface area contributed by atoms with Gasteiger partial charge < -0.3 is 14.1 Å². The van der Waals surface area contributed by atoms with Gasteiger partial charge >= 0.3 is 0 Å². The summed E-state index contributed by atoms with van der Waals surface area (Å²) in [6.07, 6.45) is 0.193. The van der Waals surface area contributed by atoms with Crippen molar-refractivity contribution in [2.75, 3.05) is 20.3 Å². The van der Waals surface area contributed by atoms with Crippen molar-refractivity contribution in [2.24, 2.45) is 0 Å². The van der Waals surface area contributed by atoms with Crippen molar-refractivity contribution in [1.29, 1.82) is 0 Å². The molecule has 0 aliphatic carbocycles. The largest absolute Gasteiger partial charge is 0.497 e. The zero-order valence-electron chi connectivity index (χ0n) is 17.3. The summed E-state index contributed by atoms with van der Waals surface area (Å²) in [5, 5.41) is 11.4. The summed E-state index contributed by atoms with van der Waals surface area (Å²) in [6, 6.07) is 3.59. The van der Waals surface area contributed by atoms with Crippen LogP contribution < -0.4 is 4.74 Å². The van der Waals surface area contributed by atoms with Crippen molar-refractivity contribution in [3.63, 3.8) is 0 Å². The predicted molar refractivity (Wildman–Crippen MR) is 107 cm³/mol. The Labute approximate surface area is 166 Å². The van der Waals surface area contributed by atoms with Crippen molar-refractivity contribution < 1.29 is 23.7 Å². The zero-order chi connectivity index (χ0) is 21.3. The monoisotopic (exact) mass is 408 g/mol. The summed E-state index contributed by atoms with van der Waals surface area (Å²) >= 11 is 0. The van der Waals surface area contributed by atoms with E-state index in [0.717, 1.165) is 0 Å². The first kappa shape index (κ1) is 22.0. The summed E-state index contributed by atoms with van der Waals surface area (Å²) in [5.74, 6) is -0.295. The molecule has 1 aliphatic rings. The molecule has 0 saturated carbocycles. The second-order valence-electron chi connectivity index (χ2n) is 8.54. The number of nitro benzene ring substituents is 1. The molecule has 2 rings (SSSR count). The van der Waals surface area contributed by atoms with Gasteiger partial charge in [0.15, 0.2) is 14.1 Å². The molecular weight excluding hydrogens is 380 g/mol. The van der Waals surface area contributed by atoms with Gasteiger partial charge in [0.2, 0.25) is 0 Å². The minimum absolute atomic E-state index is 0.00393. The highest BCUT2D eigenvalue weighted by molar-refractivity contribution is 6.74. The second kappa shape index (κ2) is 8.00. The highest BCUT2D eigenvalue weighted by Gasteiger charge is 2.41. The van der Waals surface area contributed by atoms with Gasteiger partial charge in [0.05, 0.1) is 31.2 Å². The number of amides is 1. The fraction of sp³-hybridized carbons (Fsp3) is 0.579. The van der Waals surface area contributed by atoms with Gasteiger partial charge in [0.25, 0.3) is 11.6 Å². The molecule has 0 unspecified atom stereocenters. The van der Waals surface area contributed by atoms with Crippen molar-refractivity contribution in [1.82, 2.24) is 4.90 Å². The molecular formula is C19H28N2O6Si. The van der Waals surface area contributed by atoms with E-state index in [1.165, 1.54) is 30.2 Å². The van der Waals surface area contributed by atoms with Gasteiger partial charge in [-0.1, -0.05) is 20.8 Å². The van der Waals surface area contributed by atoms with Crippen LogP contribution >= 0.6 is 0 Å². The smallest absolute Gasteiger partial charge is 0.282 e. The molecule has 1 aromatic carbocycles. The maximum atomic E-state index is 13.1. The number of methoxy groups -OCH3 is 1. The van der Waals surface area contributed by atoms with E-state index in [1.807, 2.05) is 0 Å². The molecule has 154 valence electrons. The topological polar surface area (TPSA) is 99.0 Å².